The molecule has 0 saturated heterocycles. The minimum Gasteiger partial charge on any atom is -0.310 e. The van der Waals surface area contributed by atoms with Gasteiger partial charge in [-0.25, -0.2) is 17.9 Å². The second-order valence-electron chi connectivity index (χ2n) is 4.41. The zero-order valence-electron chi connectivity index (χ0n) is 10.2. The standard InChI is InChI=1S/C12H11F3N4/c1-7-16-12-18(3-2-4-19(12)17-7)8-5-9(13)11(15)10(14)6-8/h5-6H,2-4H2,1H3. The summed E-state index contributed by atoms with van der Waals surface area (Å²) in [7, 11) is 0. The average Bonchev–Trinajstić information content (AvgIpc) is 2.75. The van der Waals surface area contributed by atoms with E-state index in [2.05, 4.69) is 10.1 Å². The highest BCUT2D eigenvalue weighted by Gasteiger charge is 2.23. The third kappa shape index (κ3) is 1.94. The maximum atomic E-state index is 13.3. The lowest BCUT2D eigenvalue weighted by atomic mass is 10.2. The fourth-order valence-electron chi connectivity index (χ4n) is 2.22. The van der Waals surface area contributed by atoms with Crippen molar-refractivity contribution in [3.8, 4) is 0 Å². The number of anilines is 2. The molecule has 0 saturated carbocycles. The van der Waals surface area contributed by atoms with Gasteiger partial charge in [0.1, 0.15) is 5.82 Å². The predicted molar refractivity (Wildman–Crippen MR) is 62.7 cm³/mol. The van der Waals surface area contributed by atoms with Gasteiger partial charge < -0.3 is 4.90 Å². The van der Waals surface area contributed by atoms with E-state index in [1.54, 1.807) is 16.5 Å². The van der Waals surface area contributed by atoms with Crippen molar-refractivity contribution in [1.29, 1.82) is 0 Å². The fraction of sp³-hybridized carbons (Fsp3) is 0.333. The van der Waals surface area contributed by atoms with Crippen LogP contribution in [0.25, 0.3) is 0 Å². The molecule has 19 heavy (non-hydrogen) atoms. The molecule has 4 nitrogen and oxygen atoms in total. The molecule has 1 aromatic carbocycles. The van der Waals surface area contributed by atoms with Crippen LogP contribution in [0.3, 0.4) is 0 Å². The van der Waals surface area contributed by atoms with Gasteiger partial charge in [0.05, 0.1) is 0 Å². The summed E-state index contributed by atoms with van der Waals surface area (Å²) in [6.07, 6.45) is 0.774. The molecule has 0 N–H and O–H groups in total. The lowest BCUT2D eigenvalue weighted by molar-refractivity contribution is 0.446. The molecule has 3 rings (SSSR count). The molecule has 1 aromatic heterocycles. The summed E-state index contributed by atoms with van der Waals surface area (Å²) < 4.78 is 41.2. The molecule has 0 unspecified atom stereocenters. The summed E-state index contributed by atoms with van der Waals surface area (Å²) in [5.74, 6) is -2.76. The number of hydrogen-bond donors (Lipinski definition) is 0. The van der Waals surface area contributed by atoms with Crippen LogP contribution in [-0.2, 0) is 6.54 Å². The van der Waals surface area contributed by atoms with Crippen LogP contribution in [0.15, 0.2) is 12.1 Å². The van der Waals surface area contributed by atoms with Crippen LogP contribution in [0, 0.1) is 24.4 Å². The van der Waals surface area contributed by atoms with E-state index >= 15 is 0 Å². The lowest BCUT2D eigenvalue weighted by Gasteiger charge is -2.27. The van der Waals surface area contributed by atoms with Crippen LogP contribution in [0.1, 0.15) is 12.2 Å². The van der Waals surface area contributed by atoms with E-state index < -0.39 is 17.5 Å². The fourth-order valence-corrected chi connectivity index (χ4v) is 2.22. The first kappa shape index (κ1) is 12.0. The van der Waals surface area contributed by atoms with Crippen LogP contribution in [-0.4, -0.2) is 21.3 Å². The number of aromatic nitrogens is 3. The molecule has 100 valence electrons. The Balaban J connectivity index is 2.08. The van der Waals surface area contributed by atoms with Crippen molar-refractivity contribution in [2.75, 3.05) is 11.4 Å². The monoisotopic (exact) mass is 268 g/mol. The molecule has 0 radical (unpaired) electrons. The van der Waals surface area contributed by atoms with Gasteiger partial charge in [-0.15, -0.1) is 0 Å². The molecular weight excluding hydrogens is 257 g/mol. The van der Waals surface area contributed by atoms with Gasteiger partial charge in [-0.2, -0.15) is 10.1 Å². The highest BCUT2D eigenvalue weighted by molar-refractivity contribution is 5.58. The van der Waals surface area contributed by atoms with Crippen LogP contribution < -0.4 is 4.90 Å². The maximum absolute atomic E-state index is 13.3. The Morgan fingerprint density at radius 1 is 1.11 bits per heavy atom. The number of aryl methyl sites for hydroxylation is 2. The van der Waals surface area contributed by atoms with Gasteiger partial charge in [0.25, 0.3) is 0 Å². The van der Waals surface area contributed by atoms with Gasteiger partial charge in [-0.05, 0) is 13.3 Å². The molecule has 1 aliphatic rings. The van der Waals surface area contributed by atoms with Gasteiger partial charge in [-0.3, -0.25) is 0 Å². The first-order chi connectivity index (χ1) is 9.06. The summed E-state index contributed by atoms with van der Waals surface area (Å²) >= 11 is 0. The second kappa shape index (κ2) is 4.25. The molecule has 2 heterocycles. The topological polar surface area (TPSA) is 34.0 Å². The molecule has 7 heteroatoms. The van der Waals surface area contributed by atoms with Crippen LogP contribution in [0.2, 0.25) is 0 Å². The Kier molecular flexibility index (Phi) is 2.69. The van der Waals surface area contributed by atoms with Gasteiger partial charge in [0.15, 0.2) is 17.5 Å². The van der Waals surface area contributed by atoms with Gasteiger partial charge in [0.2, 0.25) is 5.95 Å². The van der Waals surface area contributed by atoms with Crippen LogP contribution in [0.5, 0.6) is 0 Å². The lowest BCUT2D eigenvalue weighted by Crippen LogP contribution is -2.29. The normalized spacial score (nSPS) is 14.6. The van der Waals surface area contributed by atoms with E-state index in [1.807, 2.05) is 0 Å². The van der Waals surface area contributed by atoms with Crippen molar-refractivity contribution in [2.24, 2.45) is 0 Å². The minimum atomic E-state index is -1.46. The van der Waals surface area contributed by atoms with Crippen molar-refractivity contribution in [1.82, 2.24) is 14.8 Å². The average molecular weight is 268 g/mol. The van der Waals surface area contributed by atoms with Crippen molar-refractivity contribution < 1.29 is 13.2 Å². The number of halogens is 3. The molecule has 0 aliphatic carbocycles. The highest BCUT2D eigenvalue weighted by atomic mass is 19.2. The quantitative estimate of drug-likeness (QED) is 0.745. The molecule has 0 spiro atoms. The summed E-state index contributed by atoms with van der Waals surface area (Å²) in [5, 5.41) is 4.19. The molecule has 0 atom stereocenters. The van der Waals surface area contributed by atoms with Crippen molar-refractivity contribution in [3.63, 3.8) is 0 Å². The van der Waals surface area contributed by atoms with Gasteiger partial charge in [0, 0.05) is 30.9 Å². The Bertz CT molecular complexity index is 615. The van der Waals surface area contributed by atoms with Crippen molar-refractivity contribution in [2.45, 2.75) is 19.9 Å². The van der Waals surface area contributed by atoms with Crippen molar-refractivity contribution >= 4 is 11.6 Å². The number of benzene rings is 1. The number of rotatable bonds is 1. The molecule has 0 amide bonds. The van der Waals surface area contributed by atoms with Crippen LogP contribution in [0.4, 0.5) is 24.8 Å². The first-order valence-corrected chi connectivity index (χ1v) is 5.90. The molecule has 1 aliphatic heterocycles. The SMILES string of the molecule is Cc1nc2n(n1)CCCN2c1cc(F)c(F)c(F)c1. The second-order valence-corrected chi connectivity index (χ2v) is 4.41. The summed E-state index contributed by atoms with van der Waals surface area (Å²) in [5.41, 5.74) is 0.241. The smallest absolute Gasteiger partial charge is 0.228 e. The van der Waals surface area contributed by atoms with Gasteiger partial charge >= 0.3 is 0 Å². The van der Waals surface area contributed by atoms with E-state index in [0.29, 0.717) is 24.9 Å². The molecule has 0 fully saturated rings. The minimum absolute atomic E-state index is 0.241. The maximum Gasteiger partial charge on any atom is 0.228 e. The number of fused-ring (bicyclic) bond motifs is 1. The third-order valence-electron chi connectivity index (χ3n) is 3.03. The van der Waals surface area contributed by atoms with E-state index in [9.17, 15) is 13.2 Å². The predicted octanol–water partition coefficient (Wildman–Crippen LogP) is 2.55. The number of hydrogen-bond acceptors (Lipinski definition) is 3. The Morgan fingerprint density at radius 3 is 2.47 bits per heavy atom. The Morgan fingerprint density at radius 2 is 1.79 bits per heavy atom. The third-order valence-corrected chi connectivity index (χ3v) is 3.03. The molecule has 0 bridgehead atoms. The molecule has 2 aromatic rings. The molecular formula is C12H11F3N4. The van der Waals surface area contributed by atoms with E-state index in [0.717, 1.165) is 18.6 Å². The zero-order chi connectivity index (χ0) is 13.6. The van der Waals surface area contributed by atoms with E-state index in [4.69, 9.17) is 0 Å². The summed E-state index contributed by atoms with van der Waals surface area (Å²) in [6, 6.07) is 1.94. The van der Waals surface area contributed by atoms with Crippen molar-refractivity contribution in [3.05, 3.63) is 35.4 Å². The zero-order valence-corrected chi connectivity index (χ0v) is 10.2. The number of nitrogens with zero attached hydrogens (tertiary/aromatic N) is 4. The summed E-state index contributed by atoms with van der Waals surface area (Å²) in [6.45, 7) is 3.01. The highest BCUT2D eigenvalue weighted by Crippen LogP contribution is 2.29. The summed E-state index contributed by atoms with van der Waals surface area (Å²) in [4.78, 5) is 5.86. The van der Waals surface area contributed by atoms with E-state index in [-0.39, 0.29) is 5.69 Å². The van der Waals surface area contributed by atoms with E-state index in [1.165, 1.54) is 0 Å². The van der Waals surface area contributed by atoms with Gasteiger partial charge in [-0.1, -0.05) is 0 Å². The Hall–Kier alpha value is -2.05. The van der Waals surface area contributed by atoms with Crippen LogP contribution >= 0.6 is 0 Å². The Labute approximate surface area is 107 Å². The first-order valence-electron chi connectivity index (χ1n) is 5.90. The largest absolute Gasteiger partial charge is 0.310 e.